The predicted octanol–water partition coefficient (Wildman–Crippen LogP) is 14.7. The summed E-state index contributed by atoms with van der Waals surface area (Å²) in [5.41, 5.74) is 20.3. The Morgan fingerprint density at radius 1 is 0.321 bits per heavy atom. The van der Waals surface area contributed by atoms with Crippen LogP contribution in [0.25, 0.3) is 42.4 Å². The van der Waals surface area contributed by atoms with Crippen LogP contribution in [0.15, 0.2) is 146 Å². The minimum absolute atomic E-state index is 0.513. The number of thiophene rings is 2. The van der Waals surface area contributed by atoms with Gasteiger partial charge in [0, 0.05) is 19.2 Å². The van der Waals surface area contributed by atoms with E-state index < -0.39 is 10.8 Å². The first kappa shape index (κ1) is 33.8. The van der Waals surface area contributed by atoms with Crippen molar-refractivity contribution in [3.63, 3.8) is 0 Å². The second kappa shape index (κ2) is 12.0. The molecule has 0 saturated heterocycles. The molecular weight excluding hydrogens is 713 g/mol. The van der Waals surface area contributed by atoms with Crippen molar-refractivity contribution in [3.8, 4) is 22.3 Å². The van der Waals surface area contributed by atoms with Crippen LogP contribution in [-0.2, 0) is 10.8 Å². The van der Waals surface area contributed by atoms with E-state index in [1.165, 1.54) is 119 Å². The highest BCUT2D eigenvalue weighted by Gasteiger charge is 2.52. The molecule has 56 heavy (non-hydrogen) atoms. The summed E-state index contributed by atoms with van der Waals surface area (Å²) in [5, 5.41) is 2.65. The van der Waals surface area contributed by atoms with E-state index >= 15 is 0 Å². The molecule has 2 aliphatic rings. The average molecular weight is 755 g/mol. The Kier molecular flexibility index (Phi) is 7.22. The standard InChI is InChI=1S/C54H42S2/c1-31-7-17-39(18-8-31)53(40-19-9-32(2)10-20-40)47-29-46-44-26-16-38-28-36(6)56-52(38)50(44)54(41-21-11-33(3)12-22-41,42-23-13-34(4)14-24-42)48(46)30-45(47)43-25-15-37-27-35(5)55-51(37)49(43)53/h7-30H,1-6H3. The van der Waals surface area contributed by atoms with Gasteiger partial charge in [-0.05, 0) is 143 Å². The van der Waals surface area contributed by atoms with Crippen LogP contribution < -0.4 is 0 Å². The van der Waals surface area contributed by atoms with Crippen molar-refractivity contribution in [1.29, 1.82) is 0 Å². The monoisotopic (exact) mass is 754 g/mol. The third kappa shape index (κ3) is 4.46. The van der Waals surface area contributed by atoms with E-state index in [0.29, 0.717) is 0 Å². The van der Waals surface area contributed by atoms with Crippen molar-refractivity contribution < 1.29 is 0 Å². The van der Waals surface area contributed by atoms with Crippen LogP contribution in [0.2, 0.25) is 0 Å². The predicted molar refractivity (Wildman–Crippen MR) is 240 cm³/mol. The van der Waals surface area contributed by atoms with Crippen LogP contribution in [0.3, 0.4) is 0 Å². The molecule has 0 spiro atoms. The number of fused-ring (bicyclic) bond motifs is 10. The highest BCUT2D eigenvalue weighted by Crippen LogP contribution is 2.65. The zero-order valence-corrected chi connectivity index (χ0v) is 34.3. The normalized spacial score (nSPS) is 14.5. The van der Waals surface area contributed by atoms with Gasteiger partial charge in [-0.1, -0.05) is 144 Å². The van der Waals surface area contributed by atoms with Gasteiger partial charge in [-0.3, -0.25) is 0 Å². The van der Waals surface area contributed by atoms with Gasteiger partial charge >= 0.3 is 0 Å². The highest BCUT2D eigenvalue weighted by atomic mass is 32.1. The maximum atomic E-state index is 2.63. The second-order valence-electron chi connectivity index (χ2n) is 16.4. The molecule has 0 N–H and O–H groups in total. The molecule has 0 fully saturated rings. The number of aryl methyl sites for hydroxylation is 6. The van der Waals surface area contributed by atoms with Gasteiger partial charge in [0.1, 0.15) is 0 Å². The SMILES string of the molecule is Cc1ccc(C2(c3ccc(C)cc3)c3cc4c(cc3-c3ccc5cc(C)sc5c32)C(c2ccc(C)cc2)(c2ccc(C)cc2)c2c-4ccc3cc(C)sc23)cc1. The molecule has 270 valence electrons. The highest BCUT2D eigenvalue weighted by molar-refractivity contribution is 7.19. The molecule has 0 aliphatic heterocycles. The Morgan fingerprint density at radius 3 is 0.929 bits per heavy atom. The van der Waals surface area contributed by atoms with E-state index in [4.69, 9.17) is 0 Å². The van der Waals surface area contributed by atoms with Crippen molar-refractivity contribution in [3.05, 3.63) is 222 Å². The molecule has 0 unspecified atom stereocenters. The summed E-state index contributed by atoms with van der Waals surface area (Å²) in [4.78, 5) is 2.69. The van der Waals surface area contributed by atoms with E-state index in [2.05, 4.69) is 187 Å². The Hall–Kier alpha value is -5.54. The first-order chi connectivity index (χ1) is 27.2. The van der Waals surface area contributed by atoms with Crippen LogP contribution >= 0.6 is 22.7 Å². The number of rotatable bonds is 4. The number of hydrogen-bond donors (Lipinski definition) is 0. The van der Waals surface area contributed by atoms with Crippen LogP contribution in [0.1, 0.15) is 76.5 Å². The fourth-order valence-corrected chi connectivity index (χ4v) is 12.6. The lowest BCUT2D eigenvalue weighted by atomic mass is 9.65. The Labute approximate surface area is 337 Å². The summed E-state index contributed by atoms with van der Waals surface area (Å²) >= 11 is 3.89. The molecule has 2 aromatic heterocycles. The van der Waals surface area contributed by atoms with Crippen LogP contribution in [0, 0.1) is 41.5 Å². The Bertz CT molecular complexity index is 2740. The van der Waals surface area contributed by atoms with E-state index in [1.54, 1.807) is 0 Å². The van der Waals surface area contributed by atoms with E-state index in [9.17, 15) is 0 Å². The fraction of sp³-hybridized carbons (Fsp3) is 0.148. The van der Waals surface area contributed by atoms with Gasteiger partial charge in [0.2, 0.25) is 0 Å². The molecule has 9 aromatic rings. The third-order valence-corrected chi connectivity index (χ3v) is 15.0. The van der Waals surface area contributed by atoms with Crippen molar-refractivity contribution in [2.75, 3.05) is 0 Å². The molecule has 2 heteroatoms. The van der Waals surface area contributed by atoms with Gasteiger partial charge in [-0.25, -0.2) is 0 Å². The van der Waals surface area contributed by atoms with Crippen molar-refractivity contribution in [1.82, 2.24) is 0 Å². The maximum absolute atomic E-state index is 2.63. The lowest BCUT2D eigenvalue weighted by Gasteiger charge is -2.36. The molecule has 7 aromatic carbocycles. The molecule has 11 rings (SSSR count). The minimum Gasteiger partial charge on any atom is -0.140 e. The second-order valence-corrected chi connectivity index (χ2v) is 18.9. The Morgan fingerprint density at radius 2 is 0.625 bits per heavy atom. The van der Waals surface area contributed by atoms with Crippen molar-refractivity contribution in [2.45, 2.75) is 52.4 Å². The topological polar surface area (TPSA) is 0 Å². The van der Waals surface area contributed by atoms with E-state index in [1.807, 2.05) is 22.7 Å². The minimum atomic E-state index is -0.513. The third-order valence-electron chi connectivity index (χ3n) is 12.9. The van der Waals surface area contributed by atoms with Gasteiger partial charge in [0.15, 0.2) is 0 Å². The summed E-state index contributed by atoms with van der Waals surface area (Å²) in [5.74, 6) is 0. The lowest BCUT2D eigenvalue weighted by Crippen LogP contribution is -2.30. The van der Waals surface area contributed by atoms with Gasteiger partial charge in [-0.2, -0.15) is 0 Å². The lowest BCUT2D eigenvalue weighted by molar-refractivity contribution is 0.765. The first-order valence-corrected chi connectivity index (χ1v) is 21.4. The molecule has 0 nitrogen and oxygen atoms in total. The van der Waals surface area contributed by atoms with Crippen molar-refractivity contribution >= 4 is 42.8 Å². The van der Waals surface area contributed by atoms with Crippen LogP contribution in [-0.4, -0.2) is 0 Å². The van der Waals surface area contributed by atoms with Gasteiger partial charge in [-0.15, -0.1) is 22.7 Å². The largest absolute Gasteiger partial charge is 0.140 e. The van der Waals surface area contributed by atoms with Gasteiger partial charge < -0.3 is 0 Å². The van der Waals surface area contributed by atoms with E-state index in [0.717, 1.165) is 0 Å². The summed E-state index contributed by atoms with van der Waals surface area (Å²) in [6.07, 6.45) is 0. The van der Waals surface area contributed by atoms with Gasteiger partial charge in [0.05, 0.1) is 10.8 Å². The zero-order valence-electron chi connectivity index (χ0n) is 32.7. The molecule has 2 heterocycles. The van der Waals surface area contributed by atoms with Gasteiger partial charge in [0.25, 0.3) is 0 Å². The van der Waals surface area contributed by atoms with E-state index in [-0.39, 0.29) is 0 Å². The molecule has 0 saturated carbocycles. The quantitative estimate of drug-likeness (QED) is 0.168. The molecular formula is C54H42S2. The first-order valence-electron chi connectivity index (χ1n) is 19.7. The summed E-state index contributed by atoms with van der Waals surface area (Å²) in [6, 6.07) is 57.3. The Balaban J connectivity index is 1.36. The zero-order chi connectivity index (χ0) is 38.1. The average Bonchev–Trinajstić information content (AvgIpc) is 3.93. The molecule has 2 aliphatic carbocycles. The summed E-state index contributed by atoms with van der Waals surface area (Å²) < 4.78 is 2.77. The molecule has 0 atom stereocenters. The smallest absolute Gasteiger partial charge is 0.0727 e. The van der Waals surface area contributed by atoms with Crippen LogP contribution in [0.5, 0.6) is 0 Å². The molecule has 0 amide bonds. The molecule has 0 radical (unpaired) electrons. The summed E-state index contributed by atoms with van der Waals surface area (Å²) in [6.45, 7) is 13.3. The fourth-order valence-electron chi connectivity index (χ4n) is 10.3. The van der Waals surface area contributed by atoms with Crippen LogP contribution in [0.4, 0.5) is 0 Å². The molecule has 0 bridgehead atoms. The number of benzene rings is 7. The van der Waals surface area contributed by atoms with Crippen molar-refractivity contribution in [2.24, 2.45) is 0 Å². The number of hydrogen-bond acceptors (Lipinski definition) is 2. The summed E-state index contributed by atoms with van der Waals surface area (Å²) in [7, 11) is 0. The maximum Gasteiger partial charge on any atom is 0.0727 e.